The number of rotatable bonds is 3. The summed E-state index contributed by atoms with van der Waals surface area (Å²) >= 11 is 0. The van der Waals surface area contributed by atoms with Gasteiger partial charge in [0.25, 0.3) is 5.56 Å². The number of aryl methyl sites for hydroxylation is 1. The van der Waals surface area contributed by atoms with Gasteiger partial charge in [-0.15, -0.1) is 0 Å². The number of H-pyrrole nitrogens is 1. The van der Waals surface area contributed by atoms with E-state index >= 15 is 0 Å². The lowest BCUT2D eigenvalue weighted by molar-refractivity contribution is -0.122. The minimum absolute atomic E-state index is 0.0732. The van der Waals surface area contributed by atoms with Crippen LogP contribution in [0.1, 0.15) is 25.0 Å². The maximum Gasteiger partial charge on any atom is 0.251 e. The molecule has 0 saturated heterocycles. The molecule has 5 heteroatoms. The van der Waals surface area contributed by atoms with Crippen LogP contribution in [0.2, 0.25) is 0 Å². The SMILES string of the molecule is Cc1cc(=O)[nH]c(-c2cccc(NC(=O)C3CCC3)c2)n1. The van der Waals surface area contributed by atoms with Gasteiger partial charge in [-0.1, -0.05) is 18.6 Å². The molecule has 0 spiro atoms. The van der Waals surface area contributed by atoms with Crippen LogP contribution in [-0.4, -0.2) is 15.9 Å². The van der Waals surface area contributed by atoms with Crippen LogP contribution < -0.4 is 10.9 Å². The molecule has 3 rings (SSSR count). The monoisotopic (exact) mass is 283 g/mol. The molecule has 108 valence electrons. The number of anilines is 1. The normalized spacial score (nSPS) is 14.5. The van der Waals surface area contributed by atoms with E-state index in [1.807, 2.05) is 24.3 Å². The average Bonchev–Trinajstić information content (AvgIpc) is 2.35. The quantitative estimate of drug-likeness (QED) is 0.908. The molecule has 2 aromatic rings. The van der Waals surface area contributed by atoms with Crippen LogP contribution in [0.4, 0.5) is 5.69 Å². The first-order valence-electron chi connectivity index (χ1n) is 7.11. The number of hydrogen-bond donors (Lipinski definition) is 2. The van der Waals surface area contributed by atoms with Gasteiger partial charge in [0.2, 0.25) is 5.91 Å². The number of nitrogens with zero attached hydrogens (tertiary/aromatic N) is 1. The number of aromatic amines is 1. The summed E-state index contributed by atoms with van der Waals surface area (Å²) in [5.41, 5.74) is 2.00. The van der Waals surface area contributed by atoms with Crippen molar-refractivity contribution >= 4 is 11.6 Å². The molecule has 1 saturated carbocycles. The van der Waals surface area contributed by atoms with Gasteiger partial charge in [0.1, 0.15) is 5.82 Å². The van der Waals surface area contributed by atoms with E-state index in [-0.39, 0.29) is 17.4 Å². The van der Waals surface area contributed by atoms with Crippen LogP contribution in [0.3, 0.4) is 0 Å². The number of carbonyl (C=O) groups excluding carboxylic acids is 1. The van der Waals surface area contributed by atoms with Crippen molar-refractivity contribution in [1.82, 2.24) is 9.97 Å². The Hall–Kier alpha value is -2.43. The Labute approximate surface area is 122 Å². The van der Waals surface area contributed by atoms with E-state index in [2.05, 4.69) is 15.3 Å². The van der Waals surface area contributed by atoms with Gasteiger partial charge in [-0.3, -0.25) is 9.59 Å². The van der Waals surface area contributed by atoms with E-state index < -0.39 is 0 Å². The molecule has 5 nitrogen and oxygen atoms in total. The standard InChI is InChI=1S/C16H17N3O2/c1-10-8-14(20)19-15(17-10)12-6-3-7-13(9-12)18-16(21)11-4-2-5-11/h3,6-9,11H,2,4-5H2,1H3,(H,18,21)(H,17,19,20). The van der Waals surface area contributed by atoms with E-state index in [0.717, 1.165) is 30.5 Å². The van der Waals surface area contributed by atoms with Crippen LogP contribution in [0.25, 0.3) is 11.4 Å². The summed E-state index contributed by atoms with van der Waals surface area (Å²) in [6.07, 6.45) is 3.07. The highest BCUT2D eigenvalue weighted by Crippen LogP contribution is 2.28. The van der Waals surface area contributed by atoms with Crippen molar-refractivity contribution in [2.24, 2.45) is 5.92 Å². The Bertz CT molecular complexity index is 732. The summed E-state index contributed by atoms with van der Waals surface area (Å²) in [6, 6.07) is 8.82. The summed E-state index contributed by atoms with van der Waals surface area (Å²) in [7, 11) is 0. The van der Waals surface area contributed by atoms with Crippen molar-refractivity contribution in [2.75, 3.05) is 5.32 Å². The maximum atomic E-state index is 12.0. The third-order valence-corrected chi connectivity index (χ3v) is 3.75. The number of amides is 1. The van der Waals surface area contributed by atoms with Gasteiger partial charge < -0.3 is 10.3 Å². The fourth-order valence-electron chi connectivity index (χ4n) is 2.37. The summed E-state index contributed by atoms with van der Waals surface area (Å²) in [5.74, 6) is 0.731. The van der Waals surface area contributed by atoms with E-state index in [9.17, 15) is 9.59 Å². The Morgan fingerprint density at radius 1 is 1.33 bits per heavy atom. The number of nitrogens with one attached hydrogen (secondary N) is 2. The zero-order valence-corrected chi connectivity index (χ0v) is 11.8. The summed E-state index contributed by atoms with van der Waals surface area (Å²) in [6.45, 7) is 1.78. The molecule has 0 radical (unpaired) electrons. The van der Waals surface area contributed by atoms with Crippen molar-refractivity contribution in [3.8, 4) is 11.4 Å². The zero-order chi connectivity index (χ0) is 14.8. The van der Waals surface area contributed by atoms with E-state index in [1.54, 1.807) is 6.92 Å². The Morgan fingerprint density at radius 2 is 2.14 bits per heavy atom. The van der Waals surface area contributed by atoms with Gasteiger partial charge in [0.15, 0.2) is 0 Å². The Kier molecular flexibility index (Phi) is 3.56. The molecule has 2 N–H and O–H groups in total. The second kappa shape index (κ2) is 5.52. The fourth-order valence-corrected chi connectivity index (χ4v) is 2.37. The molecule has 0 atom stereocenters. The van der Waals surface area contributed by atoms with Crippen molar-refractivity contribution < 1.29 is 4.79 Å². The van der Waals surface area contributed by atoms with Gasteiger partial charge >= 0.3 is 0 Å². The third kappa shape index (κ3) is 3.02. The minimum Gasteiger partial charge on any atom is -0.326 e. The average molecular weight is 283 g/mol. The summed E-state index contributed by atoms with van der Waals surface area (Å²) < 4.78 is 0. The lowest BCUT2D eigenvalue weighted by Gasteiger charge is -2.24. The van der Waals surface area contributed by atoms with Gasteiger partial charge in [-0.2, -0.15) is 0 Å². The predicted octanol–water partition coefficient (Wildman–Crippen LogP) is 2.48. The van der Waals surface area contributed by atoms with Gasteiger partial charge in [0.05, 0.1) is 0 Å². The highest BCUT2D eigenvalue weighted by molar-refractivity contribution is 5.93. The Balaban J connectivity index is 1.85. The third-order valence-electron chi connectivity index (χ3n) is 3.75. The molecule has 0 unspecified atom stereocenters. The maximum absolute atomic E-state index is 12.0. The van der Waals surface area contributed by atoms with E-state index in [0.29, 0.717) is 11.5 Å². The van der Waals surface area contributed by atoms with Crippen LogP contribution in [0, 0.1) is 12.8 Å². The molecule has 21 heavy (non-hydrogen) atoms. The topological polar surface area (TPSA) is 74.8 Å². The van der Waals surface area contributed by atoms with Crippen molar-refractivity contribution in [3.63, 3.8) is 0 Å². The lowest BCUT2D eigenvalue weighted by atomic mass is 9.85. The number of aromatic nitrogens is 2. The first kappa shape index (κ1) is 13.5. The van der Waals surface area contributed by atoms with Crippen LogP contribution in [0.15, 0.2) is 35.1 Å². The number of hydrogen-bond acceptors (Lipinski definition) is 3. The Morgan fingerprint density at radius 3 is 2.81 bits per heavy atom. The van der Waals surface area contributed by atoms with Crippen LogP contribution >= 0.6 is 0 Å². The van der Waals surface area contributed by atoms with Crippen LogP contribution in [0.5, 0.6) is 0 Å². The van der Waals surface area contributed by atoms with E-state index in [1.165, 1.54) is 6.07 Å². The minimum atomic E-state index is -0.179. The fraction of sp³-hybridized carbons (Fsp3) is 0.312. The molecule has 1 fully saturated rings. The molecular formula is C16H17N3O2. The lowest BCUT2D eigenvalue weighted by Crippen LogP contribution is -2.28. The van der Waals surface area contributed by atoms with Gasteiger partial charge in [0, 0.05) is 28.9 Å². The first-order valence-corrected chi connectivity index (χ1v) is 7.11. The first-order chi connectivity index (χ1) is 10.1. The molecule has 1 aliphatic rings. The summed E-state index contributed by atoms with van der Waals surface area (Å²) in [4.78, 5) is 30.5. The van der Waals surface area contributed by atoms with Crippen LogP contribution in [-0.2, 0) is 4.79 Å². The summed E-state index contributed by atoms with van der Waals surface area (Å²) in [5, 5.41) is 2.92. The smallest absolute Gasteiger partial charge is 0.251 e. The second-order valence-corrected chi connectivity index (χ2v) is 5.43. The molecule has 1 aromatic heterocycles. The molecular weight excluding hydrogens is 266 g/mol. The van der Waals surface area contributed by atoms with Gasteiger partial charge in [-0.05, 0) is 31.9 Å². The highest BCUT2D eigenvalue weighted by Gasteiger charge is 2.25. The molecule has 0 aliphatic heterocycles. The zero-order valence-electron chi connectivity index (χ0n) is 11.8. The van der Waals surface area contributed by atoms with Crippen molar-refractivity contribution in [2.45, 2.75) is 26.2 Å². The molecule has 0 bridgehead atoms. The second-order valence-electron chi connectivity index (χ2n) is 5.43. The number of carbonyl (C=O) groups is 1. The molecule has 1 aromatic carbocycles. The van der Waals surface area contributed by atoms with Crippen molar-refractivity contribution in [1.29, 1.82) is 0 Å². The molecule has 1 amide bonds. The molecule has 1 aliphatic carbocycles. The van der Waals surface area contributed by atoms with Crippen molar-refractivity contribution in [3.05, 3.63) is 46.4 Å². The highest BCUT2D eigenvalue weighted by atomic mass is 16.2. The predicted molar refractivity (Wildman–Crippen MR) is 81.0 cm³/mol. The molecule has 1 heterocycles. The van der Waals surface area contributed by atoms with Gasteiger partial charge in [-0.25, -0.2) is 4.98 Å². The largest absolute Gasteiger partial charge is 0.326 e. The van der Waals surface area contributed by atoms with E-state index in [4.69, 9.17) is 0 Å². The number of benzene rings is 1.